The molecule has 9 heteroatoms. The molecule has 0 atom stereocenters. The number of hydrogen-bond donors (Lipinski definition) is 3. The Morgan fingerprint density at radius 3 is 2.65 bits per heavy atom. The minimum absolute atomic E-state index is 0.0435. The van der Waals surface area contributed by atoms with Crippen LogP contribution >= 0.6 is 27.5 Å². The fourth-order valence-corrected chi connectivity index (χ4v) is 2.86. The third kappa shape index (κ3) is 3.60. The summed E-state index contributed by atoms with van der Waals surface area (Å²) in [6.07, 6.45) is 1.56. The zero-order valence-corrected chi connectivity index (χ0v) is 13.0. The molecule has 0 aliphatic heterocycles. The van der Waals surface area contributed by atoms with E-state index in [4.69, 9.17) is 11.6 Å². The molecular formula is C11H9BrClN3O3S. The molecule has 0 aliphatic rings. The lowest BCUT2D eigenvalue weighted by molar-refractivity contribution is 0.0940. The molecule has 2 aromatic rings. The maximum Gasteiger partial charge on any atom is 0.282 e. The third-order valence-electron chi connectivity index (χ3n) is 2.30. The monoisotopic (exact) mass is 377 g/mol. The van der Waals surface area contributed by atoms with Gasteiger partial charge in [-0.05, 0) is 40.2 Å². The summed E-state index contributed by atoms with van der Waals surface area (Å²) in [7, 11) is -3.87. The van der Waals surface area contributed by atoms with E-state index in [0.717, 1.165) is 0 Å². The van der Waals surface area contributed by atoms with Gasteiger partial charge in [0.25, 0.3) is 15.9 Å². The van der Waals surface area contributed by atoms with Crippen LogP contribution in [0, 0.1) is 0 Å². The number of amides is 1. The normalized spacial score (nSPS) is 11.3. The van der Waals surface area contributed by atoms with E-state index in [1.165, 1.54) is 24.3 Å². The fourth-order valence-electron chi connectivity index (χ4n) is 1.37. The van der Waals surface area contributed by atoms with Crippen molar-refractivity contribution in [1.29, 1.82) is 0 Å². The van der Waals surface area contributed by atoms with Gasteiger partial charge in [0.1, 0.15) is 5.69 Å². The van der Waals surface area contributed by atoms with E-state index in [1.807, 2.05) is 4.83 Å². The second-order valence-electron chi connectivity index (χ2n) is 3.75. The largest absolute Gasteiger partial charge is 0.356 e. The van der Waals surface area contributed by atoms with Crippen LogP contribution in [0.3, 0.4) is 0 Å². The molecule has 0 aliphatic carbocycles. The highest BCUT2D eigenvalue weighted by Crippen LogP contribution is 2.15. The van der Waals surface area contributed by atoms with E-state index in [2.05, 4.69) is 26.3 Å². The molecule has 0 bridgehead atoms. The first-order valence-corrected chi connectivity index (χ1v) is 7.95. The lowest BCUT2D eigenvalue weighted by Crippen LogP contribution is -2.41. The predicted octanol–water partition coefficient (Wildman–Crippen LogP) is 2.05. The van der Waals surface area contributed by atoms with Crippen molar-refractivity contribution in [1.82, 2.24) is 15.2 Å². The number of hydrazine groups is 1. The average molecular weight is 379 g/mol. The molecule has 0 radical (unpaired) electrons. The summed E-state index contributed by atoms with van der Waals surface area (Å²) < 4.78 is 24.5. The molecule has 0 saturated heterocycles. The van der Waals surface area contributed by atoms with Gasteiger partial charge in [-0.3, -0.25) is 10.2 Å². The summed E-state index contributed by atoms with van der Waals surface area (Å²) >= 11 is 8.89. The summed E-state index contributed by atoms with van der Waals surface area (Å²) in [5.74, 6) is -0.610. The van der Waals surface area contributed by atoms with Gasteiger partial charge in [-0.25, -0.2) is 8.42 Å². The summed E-state index contributed by atoms with van der Waals surface area (Å²) in [5, 5.41) is 0.285. The van der Waals surface area contributed by atoms with Crippen molar-refractivity contribution >= 4 is 43.5 Å². The second-order valence-corrected chi connectivity index (χ2v) is 6.78. The van der Waals surface area contributed by atoms with Crippen molar-refractivity contribution in [3.05, 3.63) is 51.7 Å². The first-order chi connectivity index (χ1) is 9.38. The van der Waals surface area contributed by atoms with Gasteiger partial charge in [-0.15, -0.1) is 4.83 Å². The quantitative estimate of drug-likeness (QED) is 0.711. The number of nitrogens with one attached hydrogen (secondary N) is 3. The Morgan fingerprint density at radius 2 is 2.05 bits per heavy atom. The van der Waals surface area contributed by atoms with Crippen LogP contribution in [0.5, 0.6) is 0 Å². The molecule has 1 aromatic carbocycles. The molecule has 1 heterocycles. The number of carbonyl (C=O) groups is 1. The van der Waals surface area contributed by atoms with Crippen molar-refractivity contribution in [2.45, 2.75) is 4.90 Å². The molecule has 2 rings (SSSR count). The molecule has 1 aromatic heterocycles. The number of carbonyl (C=O) groups excluding carboxylic acids is 1. The van der Waals surface area contributed by atoms with Crippen molar-refractivity contribution in [3.63, 3.8) is 0 Å². The molecule has 20 heavy (non-hydrogen) atoms. The van der Waals surface area contributed by atoms with Gasteiger partial charge in [0.2, 0.25) is 0 Å². The number of H-pyrrole nitrogens is 1. The van der Waals surface area contributed by atoms with Gasteiger partial charge in [-0.1, -0.05) is 17.7 Å². The average Bonchev–Trinajstić information content (AvgIpc) is 2.83. The number of rotatable bonds is 4. The van der Waals surface area contributed by atoms with Crippen LogP contribution in [0.2, 0.25) is 5.02 Å². The Morgan fingerprint density at radius 1 is 1.30 bits per heavy atom. The van der Waals surface area contributed by atoms with Crippen molar-refractivity contribution in [2.75, 3.05) is 0 Å². The van der Waals surface area contributed by atoms with Crippen LogP contribution in [0.1, 0.15) is 10.5 Å². The molecular weight excluding hydrogens is 370 g/mol. The zero-order chi connectivity index (χ0) is 14.8. The summed E-state index contributed by atoms with van der Waals surface area (Å²) in [5.41, 5.74) is 2.31. The van der Waals surface area contributed by atoms with E-state index < -0.39 is 15.9 Å². The lowest BCUT2D eigenvalue weighted by Gasteiger charge is -2.07. The number of sulfonamides is 1. The highest BCUT2D eigenvalue weighted by Gasteiger charge is 2.16. The number of aromatic amines is 1. The fraction of sp³-hybridized carbons (Fsp3) is 0. The van der Waals surface area contributed by atoms with Crippen LogP contribution in [0.4, 0.5) is 0 Å². The SMILES string of the molecule is O=C(NNS(=O)(=O)c1cccc(Cl)c1)c1cc(Br)c[nH]1. The number of aromatic nitrogens is 1. The van der Waals surface area contributed by atoms with Gasteiger partial charge >= 0.3 is 0 Å². The molecule has 6 nitrogen and oxygen atoms in total. The van der Waals surface area contributed by atoms with Crippen molar-refractivity contribution in [2.24, 2.45) is 0 Å². The van der Waals surface area contributed by atoms with Crippen LogP contribution in [0.25, 0.3) is 0 Å². The zero-order valence-electron chi connectivity index (χ0n) is 9.85. The Labute approximate surface area is 128 Å². The number of hydrogen-bond acceptors (Lipinski definition) is 3. The summed E-state index contributed by atoms with van der Waals surface area (Å²) in [4.78, 5) is 16.3. The van der Waals surface area contributed by atoms with E-state index in [-0.39, 0.29) is 15.6 Å². The number of halogens is 2. The molecule has 0 spiro atoms. The molecule has 0 fully saturated rings. The van der Waals surface area contributed by atoms with Gasteiger partial charge < -0.3 is 4.98 Å². The van der Waals surface area contributed by atoms with E-state index >= 15 is 0 Å². The van der Waals surface area contributed by atoms with Crippen LogP contribution in [0.15, 0.2) is 45.9 Å². The van der Waals surface area contributed by atoms with Crippen molar-refractivity contribution < 1.29 is 13.2 Å². The van der Waals surface area contributed by atoms with Gasteiger partial charge in [0.05, 0.1) is 4.90 Å². The maximum absolute atomic E-state index is 11.9. The Balaban J connectivity index is 2.08. The highest BCUT2D eigenvalue weighted by atomic mass is 79.9. The summed E-state index contributed by atoms with van der Waals surface area (Å²) in [6, 6.07) is 7.21. The first-order valence-electron chi connectivity index (χ1n) is 5.30. The van der Waals surface area contributed by atoms with E-state index in [9.17, 15) is 13.2 Å². The minimum atomic E-state index is -3.87. The lowest BCUT2D eigenvalue weighted by atomic mass is 10.4. The standard InChI is InChI=1S/C11H9BrClN3O3S/c12-7-4-10(14-6-7)11(17)15-16-20(18,19)9-3-1-2-8(13)5-9/h1-6,14,16H,(H,15,17). The topological polar surface area (TPSA) is 91.1 Å². The molecule has 0 unspecified atom stereocenters. The van der Waals surface area contributed by atoms with Gasteiger partial charge in [0.15, 0.2) is 0 Å². The van der Waals surface area contributed by atoms with Crippen LogP contribution in [-0.2, 0) is 10.0 Å². The Hall–Kier alpha value is -1.35. The van der Waals surface area contributed by atoms with E-state index in [1.54, 1.807) is 12.3 Å². The maximum atomic E-state index is 11.9. The predicted molar refractivity (Wildman–Crippen MR) is 77.7 cm³/mol. The van der Waals surface area contributed by atoms with Crippen molar-refractivity contribution in [3.8, 4) is 0 Å². The smallest absolute Gasteiger partial charge is 0.282 e. The first kappa shape index (κ1) is 15.0. The third-order valence-corrected chi connectivity index (χ3v) is 4.24. The molecule has 106 valence electrons. The second kappa shape index (κ2) is 5.96. The molecule has 3 N–H and O–H groups in total. The van der Waals surface area contributed by atoms with Gasteiger partial charge in [-0.2, -0.15) is 0 Å². The minimum Gasteiger partial charge on any atom is -0.356 e. The molecule has 0 saturated carbocycles. The van der Waals surface area contributed by atoms with Crippen LogP contribution in [-0.4, -0.2) is 19.3 Å². The summed E-state index contributed by atoms with van der Waals surface area (Å²) in [6.45, 7) is 0. The highest BCUT2D eigenvalue weighted by molar-refractivity contribution is 9.10. The Bertz CT molecular complexity index is 745. The molecule has 1 amide bonds. The van der Waals surface area contributed by atoms with Gasteiger partial charge in [0, 0.05) is 15.7 Å². The van der Waals surface area contributed by atoms with E-state index in [0.29, 0.717) is 4.47 Å². The van der Waals surface area contributed by atoms with Crippen LogP contribution < -0.4 is 10.3 Å². The number of benzene rings is 1. The Kier molecular flexibility index (Phi) is 4.48.